The average molecular weight is 298 g/mol. The van der Waals surface area contributed by atoms with Gasteiger partial charge < -0.3 is 10.1 Å². The van der Waals surface area contributed by atoms with Crippen LogP contribution in [-0.4, -0.2) is 18.1 Å². The van der Waals surface area contributed by atoms with Crippen LogP contribution in [0.4, 0.5) is 4.39 Å². The molecule has 1 aromatic carbocycles. The third-order valence-corrected chi connectivity index (χ3v) is 3.79. The van der Waals surface area contributed by atoms with Crippen LogP contribution in [0.2, 0.25) is 0 Å². The number of hydrogen-bond donors (Lipinski definition) is 1. The van der Waals surface area contributed by atoms with E-state index in [4.69, 9.17) is 4.74 Å². The third kappa shape index (κ3) is 3.17. The molecule has 0 radical (unpaired) electrons. The van der Waals surface area contributed by atoms with Crippen molar-refractivity contribution in [2.45, 2.75) is 19.8 Å². The van der Waals surface area contributed by atoms with Gasteiger partial charge in [-0.2, -0.15) is 0 Å². The second-order valence-corrected chi connectivity index (χ2v) is 5.25. The molecular formula is C18H19FN2O. The Morgan fingerprint density at radius 1 is 1.32 bits per heavy atom. The van der Waals surface area contributed by atoms with Crippen molar-refractivity contribution < 1.29 is 9.13 Å². The van der Waals surface area contributed by atoms with Crippen molar-refractivity contribution in [3.8, 4) is 11.6 Å². The van der Waals surface area contributed by atoms with Crippen LogP contribution in [0.3, 0.4) is 0 Å². The lowest BCUT2D eigenvalue weighted by atomic mass is 10.0. The van der Waals surface area contributed by atoms with Crippen LogP contribution < -0.4 is 10.1 Å². The first-order valence-electron chi connectivity index (χ1n) is 7.59. The quantitative estimate of drug-likeness (QED) is 0.928. The first kappa shape index (κ1) is 14.7. The maximum Gasteiger partial charge on any atom is 0.226 e. The van der Waals surface area contributed by atoms with Gasteiger partial charge in [-0.25, -0.2) is 9.37 Å². The topological polar surface area (TPSA) is 34.1 Å². The van der Waals surface area contributed by atoms with E-state index in [2.05, 4.69) is 16.4 Å². The highest BCUT2D eigenvalue weighted by atomic mass is 19.1. The first-order chi connectivity index (χ1) is 10.8. The van der Waals surface area contributed by atoms with E-state index in [1.165, 1.54) is 17.7 Å². The number of nitrogens with one attached hydrogen (secondary N) is 1. The number of nitrogens with zero attached hydrogens (tertiary/aromatic N) is 1. The van der Waals surface area contributed by atoms with Gasteiger partial charge in [0, 0.05) is 18.3 Å². The SMILES string of the molecule is CCc1cc(F)ccc1Oc1ncccc1C1=CCNCC1. The molecule has 1 aliphatic heterocycles. The number of pyridine rings is 1. The molecule has 114 valence electrons. The minimum absolute atomic E-state index is 0.244. The van der Waals surface area contributed by atoms with Crippen molar-refractivity contribution in [3.05, 3.63) is 59.5 Å². The lowest BCUT2D eigenvalue weighted by Gasteiger charge is -2.17. The van der Waals surface area contributed by atoms with E-state index in [0.717, 1.165) is 30.6 Å². The van der Waals surface area contributed by atoms with Crippen LogP contribution in [0.5, 0.6) is 11.6 Å². The molecule has 0 unspecified atom stereocenters. The summed E-state index contributed by atoms with van der Waals surface area (Å²) in [7, 11) is 0. The highest BCUT2D eigenvalue weighted by molar-refractivity contribution is 5.70. The Labute approximate surface area is 129 Å². The van der Waals surface area contributed by atoms with Gasteiger partial charge in [-0.3, -0.25) is 0 Å². The predicted molar refractivity (Wildman–Crippen MR) is 85.6 cm³/mol. The largest absolute Gasteiger partial charge is 0.438 e. The van der Waals surface area contributed by atoms with E-state index >= 15 is 0 Å². The molecule has 0 atom stereocenters. The molecule has 1 N–H and O–H groups in total. The van der Waals surface area contributed by atoms with Crippen LogP contribution in [0.15, 0.2) is 42.6 Å². The van der Waals surface area contributed by atoms with Gasteiger partial charge >= 0.3 is 0 Å². The molecule has 22 heavy (non-hydrogen) atoms. The van der Waals surface area contributed by atoms with Gasteiger partial charge in [0.05, 0.1) is 0 Å². The average Bonchev–Trinajstić information content (AvgIpc) is 2.57. The van der Waals surface area contributed by atoms with Crippen LogP contribution >= 0.6 is 0 Å². The molecule has 0 bridgehead atoms. The van der Waals surface area contributed by atoms with Gasteiger partial charge in [0.25, 0.3) is 0 Å². The van der Waals surface area contributed by atoms with Crippen LogP contribution in [-0.2, 0) is 6.42 Å². The van der Waals surface area contributed by atoms with Crippen molar-refractivity contribution in [2.75, 3.05) is 13.1 Å². The van der Waals surface area contributed by atoms with Gasteiger partial charge in [-0.15, -0.1) is 0 Å². The van der Waals surface area contributed by atoms with E-state index < -0.39 is 0 Å². The lowest BCUT2D eigenvalue weighted by Crippen LogP contribution is -2.20. The standard InChI is InChI=1S/C18H19FN2O/c1-2-13-12-15(19)5-6-17(13)22-18-16(4-3-9-21-18)14-7-10-20-11-8-14/h3-7,9,12,20H,2,8,10-11H2,1H3. The molecule has 0 aliphatic carbocycles. The molecule has 0 amide bonds. The molecule has 4 heteroatoms. The van der Waals surface area contributed by atoms with Crippen molar-refractivity contribution >= 4 is 5.57 Å². The molecule has 0 saturated carbocycles. The summed E-state index contributed by atoms with van der Waals surface area (Å²) in [5.41, 5.74) is 3.09. The Morgan fingerprint density at radius 3 is 3.00 bits per heavy atom. The number of hydrogen-bond acceptors (Lipinski definition) is 3. The zero-order valence-electron chi connectivity index (χ0n) is 12.6. The number of halogens is 1. The molecule has 3 nitrogen and oxygen atoms in total. The second-order valence-electron chi connectivity index (χ2n) is 5.25. The number of rotatable bonds is 4. The Hall–Kier alpha value is -2.20. The summed E-state index contributed by atoms with van der Waals surface area (Å²) in [6.45, 7) is 3.80. The molecule has 0 saturated heterocycles. The molecule has 0 fully saturated rings. The number of benzene rings is 1. The normalized spacial score (nSPS) is 14.5. The first-order valence-corrected chi connectivity index (χ1v) is 7.59. The second kappa shape index (κ2) is 6.71. The molecule has 2 aromatic rings. The van der Waals surface area contributed by atoms with Gasteiger partial charge in [0.1, 0.15) is 11.6 Å². The fourth-order valence-electron chi connectivity index (χ4n) is 2.61. The minimum atomic E-state index is -0.244. The van der Waals surface area contributed by atoms with Crippen LogP contribution in [0.1, 0.15) is 24.5 Å². The van der Waals surface area contributed by atoms with E-state index in [1.807, 2.05) is 19.1 Å². The van der Waals surface area contributed by atoms with Crippen molar-refractivity contribution in [3.63, 3.8) is 0 Å². The Balaban J connectivity index is 1.94. The number of ether oxygens (including phenoxy) is 1. The van der Waals surface area contributed by atoms with E-state index in [-0.39, 0.29) is 5.82 Å². The van der Waals surface area contributed by atoms with E-state index in [0.29, 0.717) is 18.1 Å². The Bertz CT molecular complexity index is 697. The summed E-state index contributed by atoms with van der Waals surface area (Å²) in [6.07, 6.45) is 5.54. The van der Waals surface area contributed by atoms with Gasteiger partial charge in [0.2, 0.25) is 5.88 Å². The van der Waals surface area contributed by atoms with Crippen LogP contribution in [0.25, 0.3) is 5.57 Å². The number of aromatic nitrogens is 1. The van der Waals surface area contributed by atoms with Crippen LogP contribution in [0, 0.1) is 5.82 Å². The molecule has 1 aliphatic rings. The summed E-state index contributed by atoms with van der Waals surface area (Å²) in [5, 5.41) is 3.30. The summed E-state index contributed by atoms with van der Waals surface area (Å²) < 4.78 is 19.4. The third-order valence-electron chi connectivity index (χ3n) is 3.79. The van der Waals surface area contributed by atoms with Gasteiger partial charge in [-0.1, -0.05) is 13.0 Å². The minimum Gasteiger partial charge on any atom is -0.438 e. The summed E-state index contributed by atoms with van der Waals surface area (Å²) in [5.74, 6) is 1.00. The van der Waals surface area contributed by atoms with E-state index in [1.54, 1.807) is 12.3 Å². The monoisotopic (exact) mass is 298 g/mol. The van der Waals surface area contributed by atoms with Crippen molar-refractivity contribution in [1.29, 1.82) is 0 Å². The lowest BCUT2D eigenvalue weighted by molar-refractivity contribution is 0.453. The van der Waals surface area contributed by atoms with Crippen molar-refractivity contribution in [2.24, 2.45) is 0 Å². The Kier molecular flexibility index (Phi) is 4.49. The molecule has 2 heterocycles. The summed E-state index contributed by atoms with van der Waals surface area (Å²) >= 11 is 0. The van der Waals surface area contributed by atoms with Gasteiger partial charge in [-0.05, 0) is 60.9 Å². The zero-order chi connectivity index (χ0) is 15.4. The predicted octanol–water partition coefficient (Wildman–Crippen LogP) is 3.95. The maximum atomic E-state index is 13.4. The Morgan fingerprint density at radius 2 is 2.23 bits per heavy atom. The molecule has 3 rings (SSSR count). The fraction of sp³-hybridized carbons (Fsp3) is 0.278. The summed E-state index contributed by atoms with van der Waals surface area (Å²) in [4.78, 5) is 4.37. The molecule has 0 spiro atoms. The summed E-state index contributed by atoms with van der Waals surface area (Å²) in [6, 6.07) is 8.54. The fourth-order valence-corrected chi connectivity index (χ4v) is 2.61. The van der Waals surface area contributed by atoms with E-state index in [9.17, 15) is 4.39 Å². The number of aryl methyl sites for hydroxylation is 1. The molecule has 1 aromatic heterocycles. The highest BCUT2D eigenvalue weighted by Gasteiger charge is 2.14. The smallest absolute Gasteiger partial charge is 0.226 e. The highest BCUT2D eigenvalue weighted by Crippen LogP contribution is 2.32. The maximum absolute atomic E-state index is 13.4. The van der Waals surface area contributed by atoms with Crippen molar-refractivity contribution in [1.82, 2.24) is 10.3 Å². The van der Waals surface area contributed by atoms with Gasteiger partial charge in [0.15, 0.2) is 0 Å². The molecular weight excluding hydrogens is 279 g/mol. The zero-order valence-corrected chi connectivity index (χ0v) is 12.6.